The lowest BCUT2D eigenvalue weighted by Crippen LogP contribution is -2.46. The number of rotatable bonds is 39. The molecule has 0 bridgehead atoms. The second-order valence-electron chi connectivity index (χ2n) is 20.3. The van der Waals surface area contributed by atoms with E-state index in [9.17, 15) is 24.9 Å². The molecule has 2 aromatic carbocycles. The van der Waals surface area contributed by atoms with E-state index in [2.05, 4.69) is 34.6 Å². The van der Waals surface area contributed by atoms with Crippen molar-refractivity contribution >= 4 is 11.9 Å². The highest BCUT2D eigenvalue weighted by atomic mass is 16.4. The van der Waals surface area contributed by atoms with Crippen molar-refractivity contribution in [3.63, 3.8) is 0 Å². The molecule has 3 N–H and O–H groups in total. The van der Waals surface area contributed by atoms with Gasteiger partial charge >= 0.3 is 11.9 Å². The summed E-state index contributed by atoms with van der Waals surface area (Å²) in [6.07, 6.45) is 41.8. The van der Waals surface area contributed by atoms with Gasteiger partial charge in [0, 0.05) is 6.42 Å². The van der Waals surface area contributed by atoms with Gasteiger partial charge in [0.25, 0.3) is 0 Å². The molecule has 0 aliphatic carbocycles. The van der Waals surface area contributed by atoms with E-state index in [1.807, 2.05) is 31.2 Å². The Bertz CT molecular complexity index is 1470. The Morgan fingerprint density at radius 1 is 0.500 bits per heavy atom. The normalized spacial score (nSPS) is 12.0. The van der Waals surface area contributed by atoms with Crippen LogP contribution < -0.4 is 0 Å². The van der Waals surface area contributed by atoms with Crippen LogP contribution in [0, 0.1) is 6.92 Å². The first-order valence-corrected chi connectivity index (χ1v) is 26.3. The molecule has 2 rings (SSSR count). The maximum atomic E-state index is 13.5. The molecule has 5 heteroatoms. The van der Waals surface area contributed by atoms with Crippen LogP contribution in [-0.2, 0) is 39.7 Å². The van der Waals surface area contributed by atoms with Crippen molar-refractivity contribution in [2.24, 2.45) is 0 Å². The standard InChI is InChI=1S/C57H96O5/c1-7-9-11-13-15-17-19-21-23-25-27-29-31-33-35-37-41-49-45-52(57(54(59)60,55(61)62)46-48-40-39-42-50(44-48)56(4,5)6)51(47(3)53(49)58)43-38-36-34-32-30-28-26-24-22-20-18-16-14-12-10-8-2/h39-40,42,44-45,58H,7-38,41,43,46H2,1-6H3,(H,59,60)(H,61,62). The van der Waals surface area contributed by atoms with Crippen molar-refractivity contribution in [3.8, 4) is 5.75 Å². The largest absolute Gasteiger partial charge is 0.507 e. The molecule has 0 radical (unpaired) electrons. The highest BCUT2D eigenvalue weighted by molar-refractivity contribution is 6.05. The van der Waals surface area contributed by atoms with Gasteiger partial charge in [-0.2, -0.15) is 0 Å². The molecule has 5 nitrogen and oxygen atoms in total. The van der Waals surface area contributed by atoms with Crippen LogP contribution in [0.1, 0.15) is 273 Å². The number of aliphatic carboxylic acids is 2. The van der Waals surface area contributed by atoms with Gasteiger partial charge in [0.2, 0.25) is 0 Å². The third-order valence-electron chi connectivity index (χ3n) is 13.8. The Morgan fingerprint density at radius 2 is 0.855 bits per heavy atom. The monoisotopic (exact) mass is 861 g/mol. The van der Waals surface area contributed by atoms with Crippen LogP contribution in [0.5, 0.6) is 5.75 Å². The molecular weight excluding hydrogens is 765 g/mol. The molecule has 0 spiro atoms. The van der Waals surface area contributed by atoms with E-state index in [-0.39, 0.29) is 17.6 Å². The average molecular weight is 861 g/mol. The zero-order chi connectivity index (χ0) is 45.5. The van der Waals surface area contributed by atoms with Crippen LogP contribution in [0.2, 0.25) is 0 Å². The molecule has 0 aromatic heterocycles. The summed E-state index contributed by atoms with van der Waals surface area (Å²) in [7, 11) is 0. The van der Waals surface area contributed by atoms with Crippen LogP contribution in [0.4, 0.5) is 0 Å². The third-order valence-corrected chi connectivity index (χ3v) is 13.8. The molecule has 0 heterocycles. The molecular formula is C57H96O5. The minimum atomic E-state index is -2.18. The van der Waals surface area contributed by atoms with E-state index in [0.717, 1.165) is 44.1 Å². The van der Waals surface area contributed by atoms with Gasteiger partial charge in [0.05, 0.1) is 0 Å². The molecule has 0 aliphatic rings. The van der Waals surface area contributed by atoms with Crippen molar-refractivity contribution in [3.05, 3.63) is 63.7 Å². The number of phenols is 1. The molecule has 0 fully saturated rings. The Kier molecular flexibility index (Phi) is 29.2. The summed E-state index contributed by atoms with van der Waals surface area (Å²) in [4.78, 5) is 27.0. The van der Waals surface area contributed by atoms with Crippen molar-refractivity contribution in [2.45, 2.75) is 277 Å². The van der Waals surface area contributed by atoms with Gasteiger partial charge in [-0.05, 0) is 71.4 Å². The maximum Gasteiger partial charge on any atom is 0.325 e. The summed E-state index contributed by atoms with van der Waals surface area (Å²) in [5.74, 6) is -2.49. The number of hydrogen-bond donors (Lipinski definition) is 3. The molecule has 2 aromatic rings. The van der Waals surface area contributed by atoms with Gasteiger partial charge in [-0.3, -0.25) is 9.59 Å². The zero-order valence-electron chi connectivity index (χ0n) is 41.3. The first-order chi connectivity index (χ1) is 29.9. The minimum absolute atomic E-state index is 0.157. The first kappa shape index (κ1) is 55.3. The summed E-state index contributed by atoms with van der Waals surface area (Å²) in [6.45, 7) is 12.7. The molecule has 354 valence electrons. The fourth-order valence-corrected chi connectivity index (χ4v) is 9.54. The predicted octanol–water partition coefficient (Wildman–Crippen LogP) is 17.3. The number of carboxylic acids is 2. The van der Waals surface area contributed by atoms with Gasteiger partial charge < -0.3 is 15.3 Å². The highest BCUT2D eigenvalue weighted by Gasteiger charge is 2.50. The molecule has 0 saturated carbocycles. The van der Waals surface area contributed by atoms with E-state index in [0.29, 0.717) is 40.7 Å². The van der Waals surface area contributed by atoms with Crippen LogP contribution in [-0.4, -0.2) is 27.3 Å². The van der Waals surface area contributed by atoms with E-state index in [4.69, 9.17) is 0 Å². The quantitative estimate of drug-likeness (QED) is 0.0460. The van der Waals surface area contributed by atoms with Crippen molar-refractivity contribution in [1.82, 2.24) is 0 Å². The number of hydrogen-bond acceptors (Lipinski definition) is 3. The fraction of sp³-hybridized carbons (Fsp3) is 0.754. The van der Waals surface area contributed by atoms with Crippen molar-refractivity contribution in [2.75, 3.05) is 0 Å². The van der Waals surface area contributed by atoms with Crippen molar-refractivity contribution < 1.29 is 24.9 Å². The molecule has 0 saturated heterocycles. The lowest BCUT2D eigenvalue weighted by molar-refractivity contribution is -0.157. The van der Waals surface area contributed by atoms with Crippen LogP contribution >= 0.6 is 0 Å². The lowest BCUT2D eigenvalue weighted by Gasteiger charge is -2.31. The number of aromatic hydroxyl groups is 1. The number of aryl methyl sites for hydroxylation is 1. The van der Waals surface area contributed by atoms with Crippen LogP contribution in [0.3, 0.4) is 0 Å². The number of phenolic OH excluding ortho intramolecular Hbond substituents is 1. The number of carboxylic acid groups (broad SMARTS) is 2. The van der Waals surface area contributed by atoms with Crippen LogP contribution in [0.25, 0.3) is 0 Å². The minimum Gasteiger partial charge on any atom is -0.507 e. The Labute approximate surface area is 382 Å². The van der Waals surface area contributed by atoms with Gasteiger partial charge in [-0.15, -0.1) is 0 Å². The topological polar surface area (TPSA) is 94.8 Å². The summed E-state index contributed by atoms with van der Waals surface area (Å²) < 4.78 is 0. The maximum absolute atomic E-state index is 13.5. The predicted molar refractivity (Wildman–Crippen MR) is 265 cm³/mol. The first-order valence-electron chi connectivity index (χ1n) is 26.3. The summed E-state index contributed by atoms with van der Waals surface area (Å²) in [5, 5.41) is 33.6. The number of benzene rings is 2. The smallest absolute Gasteiger partial charge is 0.325 e. The van der Waals surface area contributed by atoms with Crippen LogP contribution in [0.15, 0.2) is 30.3 Å². The Balaban J connectivity index is 2.05. The van der Waals surface area contributed by atoms with E-state index in [1.54, 1.807) is 6.07 Å². The molecule has 62 heavy (non-hydrogen) atoms. The van der Waals surface area contributed by atoms with E-state index < -0.39 is 17.4 Å². The third kappa shape index (κ3) is 21.2. The Hall–Kier alpha value is -2.82. The van der Waals surface area contributed by atoms with Gasteiger partial charge in [0.1, 0.15) is 5.75 Å². The Morgan fingerprint density at radius 3 is 1.21 bits per heavy atom. The molecule has 0 unspecified atom stereocenters. The summed E-state index contributed by atoms with van der Waals surface area (Å²) >= 11 is 0. The van der Waals surface area contributed by atoms with E-state index >= 15 is 0 Å². The fourth-order valence-electron chi connectivity index (χ4n) is 9.54. The second kappa shape index (κ2) is 32.8. The van der Waals surface area contributed by atoms with Gasteiger partial charge in [0.15, 0.2) is 5.41 Å². The number of carbonyl (C=O) groups is 2. The second-order valence-corrected chi connectivity index (χ2v) is 20.3. The summed E-state index contributed by atoms with van der Waals surface area (Å²) in [5.41, 5.74) is 1.75. The molecule has 0 atom stereocenters. The highest BCUT2D eigenvalue weighted by Crippen LogP contribution is 2.40. The summed E-state index contributed by atoms with van der Waals surface area (Å²) in [6, 6.07) is 9.53. The van der Waals surface area contributed by atoms with Gasteiger partial charge in [-0.25, -0.2) is 0 Å². The van der Waals surface area contributed by atoms with Crippen molar-refractivity contribution in [1.29, 1.82) is 0 Å². The SMILES string of the molecule is CCCCCCCCCCCCCCCCCCc1cc(C(Cc2cccc(C(C)(C)C)c2)(C(=O)O)C(=O)O)c(CCCCCCCCCCCCCCCCCC)c(C)c1O. The number of unbranched alkanes of at least 4 members (excludes halogenated alkanes) is 30. The molecule has 0 aliphatic heterocycles. The van der Waals surface area contributed by atoms with E-state index in [1.165, 1.54) is 167 Å². The zero-order valence-corrected chi connectivity index (χ0v) is 41.3. The van der Waals surface area contributed by atoms with Gasteiger partial charge in [-0.1, -0.05) is 258 Å². The lowest BCUT2D eigenvalue weighted by atomic mass is 9.70. The average Bonchev–Trinajstić information content (AvgIpc) is 3.24. The molecule has 0 amide bonds.